The van der Waals surface area contributed by atoms with Crippen LogP contribution in [-0.2, 0) is 0 Å². The fourth-order valence-corrected chi connectivity index (χ4v) is 2.12. The minimum atomic E-state index is -0.155. The summed E-state index contributed by atoms with van der Waals surface area (Å²) in [6, 6.07) is 7.11. The highest BCUT2D eigenvalue weighted by Gasteiger charge is 2.38. The van der Waals surface area contributed by atoms with Gasteiger partial charge >= 0.3 is 0 Å². The number of nitrogens with one attached hydrogen (secondary N) is 1. The molecule has 1 aliphatic carbocycles. The molecule has 3 nitrogen and oxygen atoms in total. The Labute approximate surface area is 114 Å². The molecule has 1 amide bonds. The maximum absolute atomic E-state index is 12.1. The Morgan fingerprint density at radius 2 is 2.00 bits per heavy atom. The van der Waals surface area contributed by atoms with Crippen LogP contribution < -0.4 is 5.32 Å². The second kappa shape index (κ2) is 5.46. The largest absolute Gasteiger partial charge is 0.384 e. The summed E-state index contributed by atoms with van der Waals surface area (Å²) in [5, 5.41) is 11.7. The SMILES string of the molecule is CC(C)(NC(=O)c1ccc(C#CCO)cc1)C1CC1. The smallest absolute Gasteiger partial charge is 0.251 e. The highest BCUT2D eigenvalue weighted by Crippen LogP contribution is 2.39. The minimum Gasteiger partial charge on any atom is -0.384 e. The van der Waals surface area contributed by atoms with Gasteiger partial charge in [0.15, 0.2) is 0 Å². The lowest BCUT2D eigenvalue weighted by atomic mass is 9.98. The first-order valence-electron chi connectivity index (χ1n) is 6.55. The molecule has 2 N–H and O–H groups in total. The molecule has 0 heterocycles. The van der Waals surface area contributed by atoms with Crippen molar-refractivity contribution >= 4 is 5.91 Å². The van der Waals surface area contributed by atoms with Gasteiger partial charge in [-0.25, -0.2) is 0 Å². The molecule has 0 aliphatic heterocycles. The Balaban J connectivity index is 2.03. The molecule has 0 unspecified atom stereocenters. The van der Waals surface area contributed by atoms with Gasteiger partial charge in [-0.2, -0.15) is 0 Å². The van der Waals surface area contributed by atoms with Crippen molar-refractivity contribution in [3.8, 4) is 11.8 Å². The number of aliphatic hydroxyl groups is 1. The van der Waals surface area contributed by atoms with Gasteiger partial charge in [0.25, 0.3) is 5.91 Å². The number of benzene rings is 1. The van der Waals surface area contributed by atoms with Gasteiger partial charge in [-0.1, -0.05) is 11.8 Å². The molecular weight excluding hydrogens is 238 g/mol. The second-order valence-corrected chi connectivity index (χ2v) is 5.49. The van der Waals surface area contributed by atoms with Gasteiger partial charge in [0.2, 0.25) is 0 Å². The van der Waals surface area contributed by atoms with E-state index >= 15 is 0 Å². The molecule has 0 radical (unpaired) electrons. The molecule has 1 aromatic rings. The lowest BCUT2D eigenvalue weighted by Gasteiger charge is -2.26. The van der Waals surface area contributed by atoms with Crippen molar-refractivity contribution in [3.63, 3.8) is 0 Å². The van der Waals surface area contributed by atoms with Crippen molar-refractivity contribution in [2.45, 2.75) is 32.2 Å². The monoisotopic (exact) mass is 257 g/mol. The van der Waals surface area contributed by atoms with E-state index in [1.54, 1.807) is 24.3 Å². The Morgan fingerprint density at radius 3 is 2.53 bits per heavy atom. The number of hydrogen-bond acceptors (Lipinski definition) is 2. The summed E-state index contributed by atoms with van der Waals surface area (Å²) in [5.41, 5.74) is 1.31. The molecule has 100 valence electrons. The van der Waals surface area contributed by atoms with Gasteiger partial charge in [0.05, 0.1) is 0 Å². The van der Waals surface area contributed by atoms with Crippen LogP contribution in [0, 0.1) is 17.8 Å². The van der Waals surface area contributed by atoms with Crippen molar-refractivity contribution in [1.82, 2.24) is 5.32 Å². The van der Waals surface area contributed by atoms with Gasteiger partial charge in [-0.05, 0) is 56.9 Å². The van der Waals surface area contributed by atoms with Crippen LogP contribution >= 0.6 is 0 Å². The summed E-state index contributed by atoms with van der Waals surface area (Å²) in [7, 11) is 0. The van der Waals surface area contributed by atoms with Crippen LogP contribution in [0.25, 0.3) is 0 Å². The zero-order valence-electron chi connectivity index (χ0n) is 11.4. The molecule has 0 saturated heterocycles. The summed E-state index contributed by atoms with van der Waals surface area (Å²) in [5.74, 6) is 5.94. The van der Waals surface area contributed by atoms with E-state index in [1.807, 2.05) is 0 Å². The first-order chi connectivity index (χ1) is 9.03. The first-order valence-corrected chi connectivity index (χ1v) is 6.55. The number of aliphatic hydroxyl groups excluding tert-OH is 1. The third-order valence-corrected chi connectivity index (χ3v) is 3.49. The summed E-state index contributed by atoms with van der Waals surface area (Å²) in [6.07, 6.45) is 2.39. The highest BCUT2D eigenvalue weighted by atomic mass is 16.2. The summed E-state index contributed by atoms with van der Waals surface area (Å²) < 4.78 is 0. The van der Waals surface area contributed by atoms with Crippen LogP contribution in [0.3, 0.4) is 0 Å². The summed E-state index contributed by atoms with van der Waals surface area (Å²) in [4.78, 5) is 12.1. The molecule has 3 heteroatoms. The topological polar surface area (TPSA) is 49.3 Å². The lowest BCUT2D eigenvalue weighted by molar-refractivity contribution is 0.0903. The predicted molar refractivity (Wildman–Crippen MR) is 74.7 cm³/mol. The van der Waals surface area contributed by atoms with Crippen LogP contribution in [0.2, 0.25) is 0 Å². The molecule has 0 spiro atoms. The van der Waals surface area contributed by atoms with Gasteiger partial charge in [-0.15, -0.1) is 0 Å². The van der Waals surface area contributed by atoms with Gasteiger partial charge in [0, 0.05) is 16.7 Å². The van der Waals surface area contributed by atoms with Crippen LogP contribution in [0.1, 0.15) is 42.6 Å². The molecule has 1 aliphatic rings. The van der Waals surface area contributed by atoms with Crippen LogP contribution in [0.5, 0.6) is 0 Å². The maximum Gasteiger partial charge on any atom is 0.251 e. The van der Waals surface area contributed by atoms with Crippen molar-refractivity contribution in [3.05, 3.63) is 35.4 Å². The maximum atomic E-state index is 12.1. The number of hydrogen-bond donors (Lipinski definition) is 2. The normalized spacial score (nSPS) is 14.5. The molecule has 1 aromatic carbocycles. The highest BCUT2D eigenvalue weighted by molar-refractivity contribution is 5.94. The van der Waals surface area contributed by atoms with Gasteiger partial charge in [0.1, 0.15) is 6.61 Å². The standard InChI is InChI=1S/C16H19NO2/c1-16(2,14-9-10-14)17-15(19)13-7-5-12(6-8-13)4-3-11-18/h5-8,14,18H,9-11H2,1-2H3,(H,17,19). The van der Waals surface area contributed by atoms with Crippen molar-refractivity contribution < 1.29 is 9.90 Å². The quantitative estimate of drug-likeness (QED) is 0.813. The average molecular weight is 257 g/mol. The zero-order valence-corrected chi connectivity index (χ0v) is 11.4. The van der Waals surface area contributed by atoms with Crippen LogP contribution in [0.4, 0.5) is 0 Å². The molecule has 1 fully saturated rings. The number of rotatable bonds is 3. The Morgan fingerprint density at radius 1 is 1.37 bits per heavy atom. The molecule has 19 heavy (non-hydrogen) atoms. The fourth-order valence-electron chi connectivity index (χ4n) is 2.12. The molecular formula is C16H19NO2. The number of carbonyl (C=O) groups excluding carboxylic acids is 1. The second-order valence-electron chi connectivity index (χ2n) is 5.49. The predicted octanol–water partition coefficient (Wildman–Crippen LogP) is 1.95. The molecule has 0 atom stereocenters. The van der Waals surface area contributed by atoms with E-state index in [0.29, 0.717) is 11.5 Å². The van der Waals surface area contributed by atoms with Gasteiger partial charge < -0.3 is 10.4 Å². The third-order valence-electron chi connectivity index (χ3n) is 3.49. The fraction of sp³-hybridized carbons (Fsp3) is 0.438. The Hall–Kier alpha value is -1.79. The van der Waals surface area contributed by atoms with Crippen molar-refractivity contribution in [1.29, 1.82) is 0 Å². The van der Waals surface area contributed by atoms with E-state index in [2.05, 4.69) is 31.0 Å². The van der Waals surface area contributed by atoms with Crippen LogP contribution in [0.15, 0.2) is 24.3 Å². The van der Waals surface area contributed by atoms with E-state index in [-0.39, 0.29) is 18.1 Å². The van der Waals surface area contributed by atoms with E-state index in [0.717, 1.165) is 5.56 Å². The minimum absolute atomic E-state index is 0.0430. The Bertz CT molecular complexity index is 516. The van der Waals surface area contributed by atoms with E-state index in [4.69, 9.17) is 5.11 Å². The van der Waals surface area contributed by atoms with Crippen LogP contribution in [-0.4, -0.2) is 23.2 Å². The first kappa shape index (κ1) is 13.6. The summed E-state index contributed by atoms with van der Waals surface area (Å²) >= 11 is 0. The molecule has 2 rings (SSSR count). The number of carbonyl (C=O) groups is 1. The van der Waals surface area contributed by atoms with Crippen molar-refractivity contribution in [2.75, 3.05) is 6.61 Å². The molecule has 0 bridgehead atoms. The molecule has 1 saturated carbocycles. The van der Waals surface area contributed by atoms with E-state index < -0.39 is 0 Å². The van der Waals surface area contributed by atoms with Crippen molar-refractivity contribution in [2.24, 2.45) is 5.92 Å². The Kier molecular flexibility index (Phi) is 3.92. The van der Waals surface area contributed by atoms with E-state index in [9.17, 15) is 4.79 Å². The zero-order chi connectivity index (χ0) is 13.9. The third kappa shape index (κ3) is 3.59. The lowest BCUT2D eigenvalue weighted by Crippen LogP contribution is -2.45. The van der Waals surface area contributed by atoms with Gasteiger partial charge in [-0.3, -0.25) is 4.79 Å². The molecule has 0 aromatic heterocycles. The summed E-state index contributed by atoms with van der Waals surface area (Å²) in [6.45, 7) is 3.99. The average Bonchev–Trinajstić information content (AvgIpc) is 3.21. The number of amides is 1. The van der Waals surface area contributed by atoms with E-state index in [1.165, 1.54) is 12.8 Å².